The van der Waals surface area contributed by atoms with Crippen molar-refractivity contribution < 1.29 is 23.8 Å². The second kappa shape index (κ2) is 12.2. The Labute approximate surface area is 177 Å². The van der Waals surface area contributed by atoms with Crippen LogP contribution in [0.5, 0.6) is 0 Å². The third-order valence-corrected chi connectivity index (χ3v) is 6.16. The Morgan fingerprint density at radius 1 is 1.14 bits per heavy atom. The molecule has 5 nitrogen and oxygen atoms in total. The first kappa shape index (κ1) is 22.1. The molecule has 0 saturated carbocycles. The van der Waals surface area contributed by atoms with E-state index >= 15 is 0 Å². The summed E-state index contributed by atoms with van der Waals surface area (Å²) in [5, 5.41) is 0. The van der Waals surface area contributed by atoms with Crippen LogP contribution in [0.4, 0.5) is 0 Å². The lowest BCUT2D eigenvalue weighted by Crippen LogP contribution is -2.26. The van der Waals surface area contributed by atoms with Gasteiger partial charge in [-0.2, -0.15) is 0 Å². The van der Waals surface area contributed by atoms with Gasteiger partial charge in [0.25, 0.3) is 0 Å². The summed E-state index contributed by atoms with van der Waals surface area (Å²) in [6, 6.07) is 9.70. The molecule has 1 aromatic rings. The van der Waals surface area contributed by atoms with Gasteiger partial charge in [-0.1, -0.05) is 36.8 Å². The third kappa shape index (κ3) is 7.96. The molecule has 3 rings (SSSR count). The molecule has 1 saturated heterocycles. The molecule has 0 N–H and O–H groups in total. The minimum Gasteiger partial charge on any atom is -0.461 e. The number of ether oxygens (including phenoxy) is 3. The molecule has 0 bridgehead atoms. The predicted molar refractivity (Wildman–Crippen MR) is 113 cm³/mol. The molecule has 1 aromatic carbocycles. The number of esters is 1. The standard InChI is InChI=1S/C23H30O5S/c24-20-15-19(28-23-12-6-7-13-26-23)16-21(20)29-14-8-2-5-11-22(25)27-17-18-9-3-1-4-10-18/h1,3-4,9-10,16,19,23H,2,5-8,11-15,17H2. The smallest absolute Gasteiger partial charge is 0.306 e. The van der Waals surface area contributed by atoms with Gasteiger partial charge in [-0.15, -0.1) is 11.8 Å². The van der Waals surface area contributed by atoms with Crippen molar-refractivity contribution in [1.82, 2.24) is 0 Å². The van der Waals surface area contributed by atoms with Crippen molar-refractivity contribution in [1.29, 1.82) is 0 Å². The topological polar surface area (TPSA) is 61.8 Å². The van der Waals surface area contributed by atoms with Gasteiger partial charge >= 0.3 is 5.97 Å². The number of Topliss-reactive ketones (excluding diaryl/α,β-unsaturated/α-hetero) is 1. The monoisotopic (exact) mass is 418 g/mol. The van der Waals surface area contributed by atoms with Crippen LogP contribution in [0, 0.1) is 0 Å². The summed E-state index contributed by atoms with van der Waals surface area (Å²) in [6.07, 6.45) is 8.36. The van der Waals surface area contributed by atoms with E-state index in [9.17, 15) is 9.59 Å². The summed E-state index contributed by atoms with van der Waals surface area (Å²) in [5.74, 6) is 0.893. The maximum atomic E-state index is 12.2. The predicted octanol–water partition coefficient (Wildman–Crippen LogP) is 4.79. The Kier molecular flexibility index (Phi) is 9.25. The van der Waals surface area contributed by atoms with Crippen LogP contribution < -0.4 is 0 Å². The zero-order chi connectivity index (χ0) is 20.3. The van der Waals surface area contributed by atoms with Crippen LogP contribution >= 0.6 is 11.8 Å². The van der Waals surface area contributed by atoms with Crippen LogP contribution in [-0.4, -0.2) is 36.5 Å². The zero-order valence-electron chi connectivity index (χ0n) is 16.8. The van der Waals surface area contributed by atoms with E-state index in [2.05, 4.69) is 0 Å². The molecule has 1 heterocycles. The maximum absolute atomic E-state index is 12.2. The molecule has 2 atom stereocenters. The van der Waals surface area contributed by atoms with Gasteiger partial charge in [-0.25, -0.2) is 0 Å². The van der Waals surface area contributed by atoms with Gasteiger partial charge in [0, 0.05) is 24.4 Å². The molecule has 0 radical (unpaired) electrons. The number of rotatable bonds is 11. The summed E-state index contributed by atoms with van der Waals surface area (Å²) in [4.78, 5) is 24.8. The highest BCUT2D eigenvalue weighted by Gasteiger charge is 2.28. The molecule has 29 heavy (non-hydrogen) atoms. The number of allylic oxidation sites excluding steroid dienone is 1. The Bertz CT molecular complexity index is 682. The lowest BCUT2D eigenvalue weighted by atomic mass is 10.2. The third-order valence-electron chi connectivity index (χ3n) is 4.99. The Hall–Kier alpha value is -1.63. The molecule has 1 aliphatic heterocycles. The molecule has 0 spiro atoms. The Morgan fingerprint density at radius 3 is 2.79 bits per heavy atom. The van der Waals surface area contributed by atoms with Crippen LogP contribution in [0.3, 0.4) is 0 Å². The number of benzene rings is 1. The van der Waals surface area contributed by atoms with E-state index in [1.807, 2.05) is 36.4 Å². The Balaban J connectivity index is 1.24. The number of hydrogen-bond acceptors (Lipinski definition) is 6. The largest absolute Gasteiger partial charge is 0.461 e. The second-order valence-corrected chi connectivity index (χ2v) is 8.57. The van der Waals surface area contributed by atoms with Crippen molar-refractivity contribution in [2.45, 2.75) is 70.4 Å². The SMILES string of the molecule is O=C(CCCCCSC1=CC(OC2CCCCO2)CC1=O)OCc1ccccc1. The highest BCUT2D eigenvalue weighted by molar-refractivity contribution is 8.04. The van der Waals surface area contributed by atoms with Gasteiger partial charge in [-0.05, 0) is 49.5 Å². The van der Waals surface area contributed by atoms with E-state index in [0.29, 0.717) is 19.4 Å². The van der Waals surface area contributed by atoms with Crippen LogP contribution in [0.1, 0.15) is 56.9 Å². The highest BCUT2D eigenvalue weighted by Crippen LogP contribution is 2.30. The lowest BCUT2D eigenvalue weighted by Gasteiger charge is -2.24. The van der Waals surface area contributed by atoms with E-state index in [1.54, 1.807) is 11.8 Å². The average Bonchev–Trinajstić information content (AvgIpc) is 3.09. The number of carbonyl (C=O) groups excluding carboxylic acids is 2. The van der Waals surface area contributed by atoms with E-state index in [1.165, 1.54) is 0 Å². The molecule has 1 aliphatic carbocycles. The van der Waals surface area contributed by atoms with Crippen LogP contribution in [0.2, 0.25) is 0 Å². The number of unbranched alkanes of at least 4 members (excludes halogenated alkanes) is 2. The minimum absolute atomic E-state index is 0.146. The molecule has 6 heteroatoms. The molecule has 0 amide bonds. The first-order valence-electron chi connectivity index (χ1n) is 10.5. The molecule has 0 aromatic heterocycles. The van der Waals surface area contributed by atoms with Gasteiger partial charge in [0.05, 0.1) is 6.10 Å². The summed E-state index contributed by atoms with van der Waals surface area (Å²) < 4.78 is 16.8. The first-order valence-corrected chi connectivity index (χ1v) is 11.5. The number of hydrogen-bond donors (Lipinski definition) is 0. The summed E-state index contributed by atoms with van der Waals surface area (Å²) in [5.41, 5.74) is 1.00. The summed E-state index contributed by atoms with van der Waals surface area (Å²) >= 11 is 1.60. The lowest BCUT2D eigenvalue weighted by molar-refractivity contribution is -0.178. The van der Waals surface area contributed by atoms with Crippen LogP contribution in [0.25, 0.3) is 0 Å². The van der Waals surface area contributed by atoms with Crippen LogP contribution in [0.15, 0.2) is 41.3 Å². The number of thioether (sulfide) groups is 1. The fourth-order valence-corrected chi connectivity index (χ4v) is 4.43. The molecule has 1 fully saturated rings. The van der Waals surface area contributed by atoms with Gasteiger partial charge < -0.3 is 14.2 Å². The normalized spacial score (nSPS) is 21.8. The van der Waals surface area contributed by atoms with Crippen molar-refractivity contribution in [2.24, 2.45) is 0 Å². The van der Waals surface area contributed by atoms with Crippen molar-refractivity contribution in [3.63, 3.8) is 0 Å². The Morgan fingerprint density at radius 2 is 2.00 bits per heavy atom. The zero-order valence-corrected chi connectivity index (χ0v) is 17.7. The summed E-state index contributed by atoms with van der Waals surface area (Å²) in [6.45, 7) is 1.08. The van der Waals surface area contributed by atoms with Gasteiger partial charge in [-0.3, -0.25) is 9.59 Å². The molecule has 2 aliphatic rings. The highest BCUT2D eigenvalue weighted by atomic mass is 32.2. The fourth-order valence-electron chi connectivity index (χ4n) is 3.37. The van der Waals surface area contributed by atoms with E-state index < -0.39 is 0 Å². The maximum Gasteiger partial charge on any atom is 0.306 e. The number of ketones is 1. The molecule has 2 unspecified atom stereocenters. The fraction of sp³-hybridized carbons (Fsp3) is 0.565. The van der Waals surface area contributed by atoms with Crippen molar-refractivity contribution in [3.05, 3.63) is 46.9 Å². The minimum atomic E-state index is -0.163. The van der Waals surface area contributed by atoms with Crippen molar-refractivity contribution >= 4 is 23.5 Å². The van der Waals surface area contributed by atoms with E-state index in [-0.39, 0.29) is 24.1 Å². The van der Waals surface area contributed by atoms with Crippen molar-refractivity contribution in [2.75, 3.05) is 12.4 Å². The summed E-state index contributed by atoms with van der Waals surface area (Å²) in [7, 11) is 0. The quantitative estimate of drug-likeness (QED) is 0.380. The van der Waals surface area contributed by atoms with Gasteiger partial charge in [0.15, 0.2) is 12.1 Å². The van der Waals surface area contributed by atoms with Crippen molar-refractivity contribution in [3.8, 4) is 0 Å². The molecule has 158 valence electrons. The average molecular weight is 419 g/mol. The van der Waals surface area contributed by atoms with Gasteiger partial charge in [0.1, 0.15) is 6.61 Å². The molecular formula is C23H30O5S. The second-order valence-electron chi connectivity index (χ2n) is 7.43. The van der Waals surface area contributed by atoms with E-state index in [0.717, 1.165) is 61.4 Å². The van der Waals surface area contributed by atoms with Crippen LogP contribution in [-0.2, 0) is 30.4 Å². The van der Waals surface area contributed by atoms with E-state index in [4.69, 9.17) is 14.2 Å². The number of carbonyl (C=O) groups is 2. The van der Waals surface area contributed by atoms with Gasteiger partial charge in [0.2, 0.25) is 0 Å². The first-order chi connectivity index (χ1) is 14.2. The molecular weight excluding hydrogens is 388 g/mol.